The van der Waals surface area contributed by atoms with Crippen LogP contribution in [0.4, 0.5) is 10.1 Å². The van der Waals surface area contributed by atoms with E-state index in [1.54, 1.807) is 30.5 Å². The Kier molecular flexibility index (Phi) is 5.79. The third kappa shape index (κ3) is 5.40. The van der Waals surface area contributed by atoms with Crippen LogP contribution in [-0.2, 0) is 6.61 Å². The van der Waals surface area contributed by atoms with Crippen molar-refractivity contribution in [3.8, 4) is 5.75 Å². The molecule has 6 heteroatoms. The van der Waals surface area contributed by atoms with E-state index < -0.39 is 5.97 Å². The van der Waals surface area contributed by atoms with Gasteiger partial charge in [0.2, 0.25) is 0 Å². The van der Waals surface area contributed by atoms with Crippen molar-refractivity contribution in [3.05, 3.63) is 95.3 Å². The molecule has 0 aliphatic rings. The third-order valence-corrected chi connectivity index (χ3v) is 3.74. The van der Waals surface area contributed by atoms with Crippen molar-refractivity contribution in [1.29, 1.82) is 0 Å². The number of carbonyl (C=O) groups is 1. The molecule has 0 radical (unpaired) electrons. The number of carboxylic acids is 1. The first kappa shape index (κ1) is 18.1. The number of nitrogens with zero attached hydrogens (tertiary/aromatic N) is 1. The molecule has 0 spiro atoms. The van der Waals surface area contributed by atoms with E-state index >= 15 is 0 Å². The molecule has 0 saturated heterocycles. The number of anilines is 1. The van der Waals surface area contributed by atoms with Gasteiger partial charge in [-0.3, -0.25) is 5.43 Å². The highest BCUT2D eigenvalue weighted by Gasteiger charge is 2.01. The Morgan fingerprint density at radius 1 is 1.00 bits per heavy atom. The summed E-state index contributed by atoms with van der Waals surface area (Å²) in [6.45, 7) is 0.363. The Balaban J connectivity index is 1.51. The second kappa shape index (κ2) is 8.62. The van der Waals surface area contributed by atoms with E-state index in [1.165, 1.54) is 24.3 Å². The molecule has 136 valence electrons. The Morgan fingerprint density at radius 3 is 2.30 bits per heavy atom. The summed E-state index contributed by atoms with van der Waals surface area (Å²) in [6.07, 6.45) is 1.65. The van der Waals surface area contributed by atoms with E-state index in [-0.39, 0.29) is 11.4 Å². The minimum absolute atomic E-state index is 0.223. The number of nitrogens with one attached hydrogen (secondary N) is 1. The molecule has 3 aromatic rings. The first-order valence-electron chi connectivity index (χ1n) is 8.20. The fraction of sp³-hybridized carbons (Fsp3) is 0.0476. The van der Waals surface area contributed by atoms with Crippen molar-refractivity contribution in [3.63, 3.8) is 0 Å². The lowest BCUT2D eigenvalue weighted by atomic mass is 10.2. The number of hydrazone groups is 1. The van der Waals surface area contributed by atoms with Crippen LogP contribution in [0.2, 0.25) is 0 Å². The van der Waals surface area contributed by atoms with Crippen molar-refractivity contribution < 1.29 is 19.0 Å². The number of hydrogen-bond donors (Lipinski definition) is 2. The molecular formula is C21H17FN2O3. The van der Waals surface area contributed by atoms with Crippen LogP contribution in [0.1, 0.15) is 21.5 Å². The lowest BCUT2D eigenvalue weighted by molar-refractivity contribution is 0.0697. The van der Waals surface area contributed by atoms with Crippen molar-refractivity contribution in [2.24, 2.45) is 5.10 Å². The van der Waals surface area contributed by atoms with Crippen molar-refractivity contribution in [2.45, 2.75) is 6.61 Å². The van der Waals surface area contributed by atoms with Gasteiger partial charge in [0.05, 0.1) is 17.5 Å². The van der Waals surface area contributed by atoms with E-state index in [0.717, 1.165) is 11.1 Å². The smallest absolute Gasteiger partial charge is 0.335 e. The normalized spacial score (nSPS) is 10.7. The number of halogens is 1. The Morgan fingerprint density at radius 2 is 1.67 bits per heavy atom. The summed E-state index contributed by atoms with van der Waals surface area (Å²) >= 11 is 0. The summed E-state index contributed by atoms with van der Waals surface area (Å²) in [5, 5.41) is 13.0. The molecule has 0 fully saturated rings. The van der Waals surface area contributed by atoms with Gasteiger partial charge in [0.15, 0.2) is 0 Å². The molecule has 2 N–H and O–H groups in total. The van der Waals surface area contributed by atoms with Crippen LogP contribution in [0, 0.1) is 5.82 Å². The Hall–Kier alpha value is -3.67. The summed E-state index contributed by atoms with van der Waals surface area (Å²) in [5.41, 5.74) is 5.52. The second-order valence-corrected chi connectivity index (χ2v) is 5.74. The molecular weight excluding hydrogens is 347 g/mol. The summed E-state index contributed by atoms with van der Waals surface area (Å²) < 4.78 is 18.5. The molecule has 0 unspecified atom stereocenters. The maximum Gasteiger partial charge on any atom is 0.335 e. The number of ether oxygens (including phenoxy) is 1. The van der Waals surface area contributed by atoms with Gasteiger partial charge in [-0.05, 0) is 71.8 Å². The summed E-state index contributed by atoms with van der Waals surface area (Å²) in [6, 6.07) is 19.9. The lowest BCUT2D eigenvalue weighted by Crippen LogP contribution is -1.97. The van der Waals surface area contributed by atoms with Crippen molar-refractivity contribution in [2.75, 3.05) is 5.43 Å². The second-order valence-electron chi connectivity index (χ2n) is 5.74. The standard InChI is InChI=1S/C21H17FN2O3/c22-18-7-1-16(2-8-18)14-27-20-11-3-15(4-12-20)13-23-24-19-9-5-17(6-10-19)21(25)26/h1-13,24H,14H2,(H,25,26)/b23-13+. The molecule has 0 aliphatic carbocycles. The van der Waals surface area contributed by atoms with Crippen molar-refractivity contribution >= 4 is 17.9 Å². The van der Waals surface area contributed by atoms with Gasteiger partial charge < -0.3 is 9.84 Å². The van der Waals surface area contributed by atoms with Crippen LogP contribution in [0.25, 0.3) is 0 Å². The number of benzene rings is 3. The quantitative estimate of drug-likeness (QED) is 0.477. The molecule has 0 heterocycles. The molecule has 0 bridgehead atoms. The van der Waals surface area contributed by atoms with Crippen LogP contribution in [0.15, 0.2) is 77.9 Å². The number of aromatic carboxylic acids is 1. The zero-order valence-electron chi connectivity index (χ0n) is 14.3. The molecule has 27 heavy (non-hydrogen) atoms. The maximum absolute atomic E-state index is 12.9. The monoisotopic (exact) mass is 364 g/mol. The predicted octanol–water partition coefficient (Wildman–Crippen LogP) is 4.55. The van der Waals surface area contributed by atoms with Crippen LogP contribution < -0.4 is 10.2 Å². The van der Waals surface area contributed by atoms with Gasteiger partial charge in [0.1, 0.15) is 18.2 Å². The summed E-state index contributed by atoms with van der Waals surface area (Å²) in [5.74, 6) is -0.533. The van der Waals surface area contributed by atoms with E-state index in [4.69, 9.17) is 9.84 Å². The highest BCUT2D eigenvalue weighted by Crippen LogP contribution is 2.14. The van der Waals surface area contributed by atoms with Crippen LogP contribution >= 0.6 is 0 Å². The highest BCUT2D eigenvalue weighted by molar-refractivity contribution is 5.88. The van der Waals surface area contributed by atoms with Gasteiger partial charge >= 0.3 is 5.97 Å². The number of hydrogen-bond acceptors (Lipinski definition) is 4. The molecule has 3 rings (SSSR count). The van der Waals surface area contributed by atoms with Gasteiger partial charge in [-0.25, -0.2) is 9.18 Å². The van der Waals surface area contributed by atoms with E-state index in [9.17, 15) is 9.18 Å². The van der Waals surface area contributed by atoms with Crippen molar-refractivity contribution in [1.82, 2.24) is 0 Å². The van der Waals surface area contributed by atoms with E-state index in [0.29, 0.717) is 18.0 Å². The SMILES string of the molecule is O=C(O)c1ccc(N/N=C/c2ccc(OCc3ccc(F)cc3)cc2)cc1. The van der Waals surface area contributed by atoms with E-state index in [1.807, 2.05) is 24.3 Å². The zero-order chi connectivity index (χ0) is 19.1. The molecule has 3 aromatic carbocycles. The van der Waals surface area contributed by atoms with E-state index in [2.05, 4.69) is 10.5 Å². The maximum atomic E-state index is 12.9. The minimum atomic E-state index is -0.966. The first-order valence-corrected chi connectivity index (χ1v) is 8.20. The Bertz CT molecular complexity index is 921. The predicted molar refractivity (Wildman–Crippen MR) is 102 cm³/mol. The van der Waals surface area contributed by atoms with Crippen LogP contribution in [0.3, 0.4) is 0 Å². The Labute approximate surface area is 155 Å². The van der Waals surface area contributed by atoms with Gasteiger partial charge in [-0.2, -0.15) is 5.10 Å². The molecule has 5 nitrogen and oxygen atoms in total. The number of carboxylic acid groups (broad SMARTS) is 1. The van der Waals surface area contributed by atoms with Gasteiger partial charge in [0.25, 0.3) is 0 Å². The largest absolute Gasteiger partial charge is 0.489 e. The summed E-state index contributed by atoms with van der Waals surface area (Å²) in [7, 11) is 0. The minimum Gasteiger partial charge on any atom is -0.489 e. The molecule has 0 atom stereocenters. The molecule has 0 amide bonds. The number of rotatable bonds is 7. The molecule has 0 saturated carbocycles. The first-order chi connectivity index (χ1) is 13.1. The fourth-order valence-electron chi connectivity index (χ4n) is 2.27. The van der Waals surface area contributed by atoms with Gasteiger partial charge in [-0.1, -0.05) is 12.1 Å². The van der Waals surface area contributed by atoms with Crippen LogP contribution in [0.5, 0.6) is 5.75 Å². The average molecular weight is 364 g/mol. The van der Waals surface area contributed by atoms with Crippen LogP contribution in [-0.4, -0.2) is 17.3 Å². The molecule has 0 aliphatic heterocycles. The highest BCUT2D eigenvalue weighted by atomic mass is 19.1. The summed E-state index contributed by atoms with van der Waals surface area (Å²) in [4.78, 5) is 10.8. The third-order valence-electron chi connectivity index (χ3n) is 3.74. The molecule has 0 aromatic heterocycles. The van der Waals surface area contributed by atoms with Gasteiger partial charge in [-0.15, -0.1) is 0 Å². The average Bonchev–Trinajstić information content (AvgIpc) is 2.69. The fourth-order valence-corrected chi connectivity index (χ4v) is 2.27. The zero-order valence-corrected chi connectivity index (χ0v) is 14.3. The topological polar surface area (TPSA) is 70.9 Å². The van der Waals surface area contributed by atoms with Gasteiger partial charge in [0, 0.05) is 0 Å². The lowest BCUT2D eigenvalue weighted by Gasteiger charge is -2.06.